The van der Waals surface area contributed by atoms with Gasteiger partial charge in [-0.1, -0.05) is 0 Å². The quantitative estimate of drug-likeness (QED) is 0.177. The molecule has 0 unspecified atom stereocenters. The van der Waals surface area contributed by atoms with Crippen LogP contribution < -0.4 is 15.0 Å². The van der Waals surface area contributed by atoms with E-state index >= 15 is 0 Å². The van der Waals surface area contributed by atoms with Crippen LogP contribution in [0.2, 0.25) is 0 Å². The Balaban J connectivity index is 1.39. The van der Waals surface area contributed by atoms with Gasteiger partial charge in [0.15, 0.2) is 0 Å². The summed E-state index contributed by atoms with van der Waals surface area (Å²) in [4.78, 5) is 23.0. The average Bonchev–Trinajstić information content (AvgIpc) is 2.94. The molecule has 42 heavy (non-hydrogen) atoms. The van der Waals surface area contributed by atoms with Crippen molar-refractivity contribution in [1.29, 1.82) is 0 Å². The van der Waals surface area contributed by atoms with Crippen LogP contribution in [0.15, 0.2) is 54.7 Å². The Morgan fingerprint density at radius 1 is 1.07 bits per heavy atom. The number of esters is 1. The molecule has 1 saturated heterocycles. The molecular formula is C30H38N4O7S. The molecule has 1 aliphatic heterocycles. The molecular weight excluding hydrogens is 560 g/mol. The zero-order chi connectivity index (χ0) is 30.2. The second-order valence-corrected chi connectivity index (χ2v) is 12.5. The number of rotatable bonds is 12. The third kappa shape index (κ3) is 9.97. The van der Waals surface area contributed by atoms with Gasteiger partial charge in [0.05, 0.1) is 38.4 Å². The van der Waals surface area contributed by atoms with Gasteiger partial charge < -0.3 is 24.4 Å². The summed E-state index contributed by atoms with van der Waals surface area (Å²) in [7, 11) is -3.61. The Labute approximate surface area is 247 Å². The first-order valence-corrected chi connectivity index (χ1v) is 15.6. The lowest BCUT2D eigenvalue weighted by Gasteiger charge is -2.30. The molecule has 3 aromatic rings. The monoisotopic (exact) mass is 598 g/mol. The van der Waals surface area contributed by atoms with Gasteiger partial charge in [0.1, 0.15) is 11.4 Å². The Morgan fingerprint density at radius 2 is 1.81 bits per heavy atom. The number of nitrogens with one attached hydrogen (secondary N) is 1. The number of aromatic nitrogens is 2. The lowest BCUT2D eigenvalue weighted by molar-refractivity contribution is -0.155. The van der Waals surface area contributed by atoms with Crippen molar-refractivity contribution < 1.29 is 31.6 Å². The van der Waals surface area contributed by atoms with E-state index in [0.717, 1.165) is 28.8 Å². The summed E-state index contributed by atoms with van der Waals surface area (Å²) in [6.45, 7) is 8.49. The molecule has 226 valence electrons. The van der Waals surface area contributed by atoms with E-state index < -0.39 is 15.7 Å². The van der Waals surface area contributed by atoms with Crippen molar-refractivity contribution in [3.63, 3.8) is 0 Å². The van der Waals surface area contributed by atoms with E-state index in [1.807, 2.05) is 69.3 Å². The molecule has 11 nitrogen and oxygen atoms in total. The molecule has 0 saturated carbocycles. The molecule has 1 aliphatic rings. The highest BCUT2D eigenvalue weighted by Gasteiger charge is 2.18. The van der Waals surface area contributed by atoms with E-state index in [-0.39, 0.29) is 12.6 Å². The maximum Gasteiger partial charge on any atom is 0.306 e. The van der Waals surface area contributed by atoms with Crippen LogP contribution in [0, 0.1) is 0 Å². The molecule has 0 spiro atoms. The summed E-state index contributed by atoms with van der Waals surface area (Å²) in [5, 5.41) is 3.22. The fourth-order valence-corrected chi connectivity index (χ4v) is 4.63. The summed E-state index contributed by atoms with van der Waals surface area (Å²) in [5.74, 6) is 0.852. The van der Waals surface area contributed by atoms with E-state index in [1.54, 1.807) is 6.20 Å². The number of anilines is 3. The Bertz CT molecular complexity index is 1450. The van der Waals surface area contributed by atoms with Crippen molar-refractivity contribution in [2.45, 2.75) is 45.8 Å². The van der Waals surface area contributed by atoms with Gasteiger partial charge in [0, 0.05) is 48.2 Å². The third-order valence-electron chi connectivity index (χ3n) is 6.14. The number of morpholine rings is 1. The SMILES string of the molecule is CC(C)(C)OC(=O)CCCOc1ccc(-c2ccnc(Nc3ccc(N4CCOCC4)c(COS(C)(=O)=O)c3)n2)cc1. The average molecular weight is 599 g/mol. The van der Waals surface area contributed by atoms with Gasteiger partial charge in [-0.25, -0.2) is 9.97 Å². The van der Waals surface area contributed by atoms with E-state index in [1.165, 1.54) is 0 Å². The summed E-state index contributed by atoms with van der Waals surface area (Å²) in [5.41, 5.74) is 3.43. The van der Waals surface area contributed by atoms with Crippen LogP contribution in [0.5, 0.6) is 5.75 Å². The Hall–Kier alpha value is -3.74. The highest BCUT2D eigenvalue weighted by Crippen LogP contribution is 2.28. The first-order chi connectivity index (χ1) is 19.9. The largest absolute Gasteiger partial charge is 0.494 e. The van der Waals surface area contributed by atoms with Crippen LogP contribution in [0.3, 0.4) is 0 Å². The lowest BCUT2D eigenvalue weighted by atomic mass is 10.1. The van der Waals surface area contributed by atoms with Crippen molar-refractivity contribution >= 4 is 33.4 Å². The number of hydrogen-bond donors (Lipinski definition) is 1. The van der Waals surface area contributed by atoms with Gasteiger partial charge in [-0.3, -0.25) is 8.98 Å². The van der Waals surface area contributed by atoms with E-state index in [9.17, 15) is 13.2 Å². The minimum atomic E-state index is -3.61. The summed E-state index contributed by atoms with van der Waals surface area (Å²) < 4.78 is 45.0. The van der Waals surface area contributed by atoms with Crippen LogP contribution in [0.25, 0.3) is 11.3 Å². The van der Waals surface area contributed by atoms with E-state index in [4.69, 9.17) is 18.4 Å². The molecule has 0 amide bonds. The first-order valence-electron chi connectivity index (χ1n) is 13.8. The van der Waals surface area contributed by atoms with Gasteiger partial charge in [-0.2, -0.15) is 8.42 Å². The molecule has 1 aromatic heterocycles. The molecule has 12 heteroatoms. The zero-order valence-electron chi connectivity index (χ0n) is 24.5. The van der Waals surface area contributed by atoms with Crippen molar-refractivity contribution in [2.75, 3.05) is 49.4 Å². The number of carbonyl (C=O) groups excluding carboxylic acids is 1. The number of benzene rings is 2. The fraction of sp³-hybridized carbons (Fsp3) is 0.433. The Kier molecular flexibility index (Phi) is 10.4. The maximum atomic E-state index is 11.8. The number of carbonyl (C=O) groups is 1. The fourth-order valence-electron chi connectivity index (χ4n) is 4.29. The van der Waals surface area contributed by atoms with Gasteiger partial charge in [-0.15, -0.1) is 0 Å². The summed E-state index contributed by atoms with van der Waals surface area (Å²) in [6.07, 6.45) is 3.57. The molecule has 0 bridgehead atoms. The number of nitrogens with zero attached hydrogens (tertiary/aromatic N) is 3. The number of hydrogen-bond acceptors (Lipinski definition) is 11. The van der Waals surface area contributed by atoms with Gasteiger partial charge in [0.25, 0.3) is 10.1 Å². The molecule has 4 rings (SSSR count). The molecule has 2 heterocycles. The van der Waals surface area contributed by atoms with Crippen LogP contribution in [0.1, 0.15) is 39.2 Å². The van der Waals surface area contributed by atoms with Gasteiger partial charge in [0.2, 0.25) is 5.95 Å². The topological polar surface area (TPSA) is 129 Å². The van der Waals surface area contributed by atoms with Crippen molar-refractivity contribution in [2.24, 2.45) is 0 Å². The highest BCUT2D eigenvalue weighted by molar-refractivity contribution is 7.85. The van der Waals surface area contributed by atoms with Crippen LogP contribution in [0.4, 0.5) is 17.3 Å². The zero-order valence-corrected chi connectivity index (χ0v) is 25.3. The van der Waals surface area contributed by atoms with Gasteiger partial charge in [-0.05, 0) is 75.7 Å². The molecule has 2 aromatic carbocycles. The summed E-state index contributed by atoms with van der Waals surface area (Å²) in [6, 6.07) is 15.0. The minimum absolute atomic E-state index is 0.0859. The maximum absolute atomic E-state index is 11.8. The third-order valence-corrected chi connectivity index (χ3v) is 6.68. The van der Waals surface area contributed by atoms with E-state index in [2.05, 4.69) is 20.2 Å². The molecule has 1 fully saturated rings. The number of ether oxygens (including phenoxy) is 3. The van der Waals surface area contributed by atoms with Crippen LogP contribution >= 0.6 is 0 Å². The Morgan fingerprint density at radius 3 is 2.50 bits per heavy atom. The van der Waals surface area contributed by atoms with Gasteiger partial charge >= 0.3 is 5.97 Å². The molecule has 1 N–H and O–H groups in total. The highest BCUT2D eigenvalue weighted by atomic mass is 32.2. The van der Waals surface area contributed by atoms with Crippen LogP contribution in [-0.2, 0) is 35.2 Å². The molecule has 0 radical (unpaired) electrons. The van der Waals surface area contributed by atoms with E-state index in [0.29, 0.717) is 63.1 Å². The predicted molar refractivity (Wildman–Crippen MR) is 160 cm³/mol. The second kappa shape index (κ2) is 14.0. The predicted octanol–water partition coefficient (Wildman–Crippen LogP) is 4.70. The van der Waals surface area contributed by atoms with Crippen molar-refractivity contribution in [3.05, 3.63) is 60.3 Å². The smallest absolute Gasteiger partial charge is 0.306 e. The summed E-state index contributed by atoms with van der Waals surface area (Å²) >= 11 is 0. The minimum Gasteiger partial charge on any atom is -0.494 e. The molecule has 0 atom stereocenters. The normalized spacial score (nSPS) is 14.0. The molecule has 0 aliphatic carbocycles. The standard InChI is InChI=1S/C30H38N4O7S/c1-30(2,3)41-28(35)6-5-17-39-25-10-7-22(8-11-25)26-13-14-31-29(33-26)32-24-9-12-27(34-15-18-38-19-16-34)23(20-24)21-40-42(4,36)37/h7-14,20H,5-6,15-19,21H2,1-4H3,(H,31,32,33). The van der Waals surface area contributed by atoms with Crippen LogP contribution in [-0.4, -0.2) is 69.1 Å². The first kappa shape index (κ1) is 31.2. The van der Waals surface area contributed by atoms with Crippen molar-refractivity contribution in [1.82, 2.24) is 9.97 Å². The lowest BCUT2D eigenvalue weighted by Crippen LogP contribution is -2.36. The second-order valence-electron chi connectivity index (χ2n) is 10.9. The van der Waals surface area contributed by atoms with Crippen molar-refractivity contribution in [3.8, 4) is 17.0 Å².